The summed E-state index contributed by atoms with van der Waals surface area (Å²) in [6.45, 7) is -1.05. The second kappa shape index (κ2) is 13.2. The highest BCUT2D eigenvalue weighted by atomic mass is 127. The number of benzene rings is 2. The molecule has 14 heteroatoms. The first-order valence-corrected chi connectivity index (χ1v) is 10.9. The SMILES string of the molecule is CON(Cc1cc(C(=O)NOCCO)c(Nc2ccc(I)cc2F)c(F)c1F)C(=O)COC(C)=O. The third kappa shape index (κ3) is 7.78. The molecule has 0 spiro atoms. The number of nitrogens with zero attached hydrogens (tertiary/aromatic N) is 1. The average molecular weight is 611 g/mol. The van der Waals surface area contributed by atoms with Crippen molar-refractivity contribution in [2.45, 2.75) is 13.5 Å². The molecule has 0 bridgehead atoms. The van der Waals surface area contributed by atoms with Gasteiger partial charge in [-0.3, -0.25) is 24.1 Å². The Hall–Kier alpha value is -2.95. The van der Waals surface area contributed by atoms with Crippen LogP contribution in [0.1, 0.15) is 22.8 Å². The van der Waals surface area contributed by atoms with E-state index in [2.05, 4.69) is 10.1 Å². The van der Waals surface area contributed by atoms with Crippen LogP contribution < -0.4 is 10.8 Å². The molecule has 0 saturated carbocycles. The predicted octanol–water partition coefficient (Wildman–Crippen LogP) is 2.56. The van der Waals surface area contributed by atoms with E-state index in [0.29, 0.717) is 8.63 Å². The molecule has 0 unspecified atom stereocenters. The zero-order chi connectivity index (χ0) is 26.1. The summed E-state index contributed by atoms with van der Waals surface area (Å²) in [4.78, 5) is 45.3. The van der Waals surface area contributed by atoms with Crippen LogP contribution in [0.5, 0.6) is 0 Å². The van der Waals surface area contributed by atoms with Crippen molar-refractivity contribution in [3.63, 3.8) is 0 Å². The van der Waals surface area contributed by atoms with Gasteiger partial charge in [-0.15, -0.1) is 0 Å². The molecule has 2 aromatic carbocycles. The molecule has 2 amide bonds. The van der Waals surface area contributed by atoms with Crippen LogP contribution in [0.25, 0.3) is 0 Å². The summed E-state index contributed by atoms with van der Waals surface area (Å²) in [5, 5.41) is 11.8. The van der Waals surface area contributed by atoms with Gasteiger partial charge in [0.15, 0.2) is 18.2 Å². The van der Waals surface area contributed by atoms with E-state index < -0.39 is 71.8 Å². The lowest BCUT2D eigenvalue weighted by Crippen LogP contribution is -2.34. The maximum Gasteiger partial charge on any atom is 0.303 e. The Kier molecular flexibility index (Phi) is 10.7. The Morgan fingerprint density at radius 2 is 1.86 bits per heavy atom. The van der Waals surface area contributed by atoms with E-state index >= 15 is 4.39 Å². The van der Waals surface area contributed by atoms with Crippen molar-refractivity contribution in [3.8, 4) is 0 Å². The van der Waals surface area contributed by atoms with Crippen LogP contribution in [-0.2, 0) is 30.5 Å². The second-order valence-corrected chi connectivity index (χ2v) is 7.98. The van der Waals surface area contributed by atoms with Crippen LogP contribution in [0.2, 0.25) is 0 Å². The number of halogens is 4. The van der Waals surface area contributed by atoms with Gasteiger partial charge in [-0.05, 0) is 46.9 Å². The third-order valence-corrected chi connectivity index (χ3v) is 4.96. The van der Waals surface area contributed by atoms with Gasteiger partial charge in [0.05, 0.1) is 43.8 Å². The highest BCUT2D eigenvalue weighted by Crippen LogP contribution is 2.31. The van der Waals surface area contributed by atoms with Gasteiger partial charge in [-0.1, -0.05) is 0 Å². The topological polar surface area (TPSA) is 126 Å². The van der Waals surface area contributed by atoms with Crippen LogP contribution in [0.15, 0.2) is 24.3 Å². The summed E-state index contributed by atoms with van der Waals surface area (Å²) >= 11 is 1.86. The van der Waals surface area contributed by atoms with Gasteiger partial charge in [0.1, 0.15) is 5.82 Å². The minimum Gasteiger partial charge on any atom is -0.456 e. The smallest absolute Gasteiger partial charge is 0.303 e. The molecule has 0 atom stereocenters. The Morgan fingerprint density at radius 1 is 1.14 bits per heavy atom. The molecule has 0 heterocycles. The number of anilines is 2. The van der Waals surface area contributed by atoms with E-state index in [4.69, 9.17) is 14.8 Å². The first-order valence-electron chi connectivity index (χ1n) is 9.82. The van der Waals surface area contributed by atoms with Crippen LogP contribution in [0, 0.1) is 21.0 Å². The number of aliphatic hydroxyl groups is 1. The number of hydroxylamine groups is 3. The number of nitrogens with one attached hydrogen (secondary N) is 2. The van der Waals surface area contributed by atoms with E-state index in [-0.39, 0.29) is 12.3 Å². The van der Waals surface area contributed by atoms with Gasteiger partial charge in [0.25, 0.3) is 11.8 Å². The molecule has 0 radical (unpaired) electrons. The molecule has 0 aliphatic rings. The first-order chi connectivity index (χ1) is 16.6. The lowest BCUT2D eigenvalue weighted by Gasteiger charge is -2.21. The summed E-state index contributed by atoms with van der Waals surface area (Å²) < 4.78 is 49.6. The first kappa shape index (κ1) is 28.3. The molecule has 0 aliphatic heterocycles. The van der Waals surface area contributed by atoms with E-state index in [0.717, 1.165) is 26.2 Å². The maximum atomic E-state index is 15.1. The maximum absolute atomic E-state index is 15.1. The molecule has 0 aromatic heterocycles. The molecule has 190 valence electrons. The molecule has 35 heavy (non-hydrogen) atoms. The monoisotopic (exact) mass is 611 g/mol. The van der Waals surface area contributed by atoms with Crippen LogP contribution in [0.4, 0.5) is 24.5 Å². The van der Waals surface area contributed by atoms with Crippen molar-refractivity contribution >= 4 is 51.7 Å². The molecule has 10 nitrogen and oxygen atoms in total. The molecule has 0 aliphatic carbocycles. The average Bonchev–Trinajstić information content (AvgIpc) is 2.81. The van der Waals surface area contributed by atoms with E-state index in [9.17, 15) is 23.2 Å². The number of aliphatic hydroxyl groups excluding tert-OH is 1. The lowest BCUT2D eigenvalue weighted by atomic mass is 10.1. The van der Waals surface area contributed by atoms with Crippen molar-refractivity contribution in [1.82, 2.24) is 10.5 Å². The number of carbonyl (C=O) groups is 3. The largest absolute Gasteiger partial charge is 0.456 e. The zero-order valence-electron chi connectivity index (χ0n) is 18.5. The number of carbonyl (C=O) groups excluding carboxylic acids is 3. The summed E-state index contributed by atoms with van der Waals surface area (Å²) in [5.74, 6) is -6.47. The zero-order valence-corrected chi connectivity index (χ0v) is 20.7. The Bertz CT molecular complexity index is 1100. The highest BCUT2D eigenvalue weighted by molar-refractivity contribution is 14.1. The van der Waals surface area contributed by atoms with Crippen molar-refractivity contribution < 1.29 is 47.1 Å². The standard InChI is InChI=1S/C21H21F3IN3O7/c1-11(30)34-10-17(31)28(33-2)9-12-7-14(21(32)27-35-6-5-29)20(19(24)18(12)23)26-16-4-3-13(25)8-15(16)22/h3-4,7-8,26,29H,5-6,9-10H2,1-2H3,(H,27,32). The fourth-order valence-electron chi connectivity index (χ4n) is 2.68. The van der Waals surface area contributed by atoms with E-state index in [1.165, 1.54) is 12.1 Å². The molecular formula is C21H21F3IN3O7. The quantitative estimate of drug-likeness (QED) is 0.153. The van der Waals surface area contributed by atoms with Crippen LogP contribution in [0.3, 0.4) is 0 Å². The highest BCUT2D eigenvalue weighted by Gasteiger charge is 2.26. The van der Waals surface area contributed by atoms with Gasteiger partial charge < -0.3 is 15.2 Å². The number of rotatable bonds is 11. The third-order valence-electron chi connectivity index (χ3n) is 4.29. The number of amides is 2. The number of esters is 1. The van der Waals surface area contributed by atoms with Crippen molar-refractivity contribution in [2.24, 2.45) is 0 Å². The molecule has 0 saturated heterocycles. The molecular weight excluding hydrogens is 590 g/mol. The second-order valence-electron chi connectivity index (χ2n) is 6.73. The summed E-state index contributed by atoms with van der Waals surface area (Å²) in [6.07, 6.45) is 0. The minimum absolute atomic E-state index is 0.239. The Labute approximate surface area is 211 Å². The fraction of sp³-hybridized carbons (Fsp3) is 0.286. The van der Waals surface area contributed by atoms with Crippen molar-refractivity contribution in [3.05, 3.63) is 56.4 Å². The normalized spacial score (nSPS) is 10.6. The van der Waals surface area contributed by atoms with Gasteiger partial charge in [0, 0.05) is 16.1 Å². The molecule has 2 aromatic rings. The summed E-state index contributed by atoms with van der Waals surface area (Å²) in [6, 6.07) is 4.82. The molecule has 2 rings (SSSR count). The Morgan fingerprint density at radius 3 is 2.46 bits per heavy atom. The molecule has 0 fully saturated rings. The number of hydrogen-bond acceptors (Lipinski definition) is 8. The van der Waals surface area contributed by atoms with Crippen molar-refractivity contribution in [1.29, 1.82) is 0 Å². The molecule has 3 N–H and O–H groups in total. The van der Waals surface area contributed by atoms with E-state index in [1.807, 2.05) is 28.1 Å². The number of hydrogen-bond donors (Lipinski definition) is 3. The van der Waals surface area contributed by atoms with Crippen LogP contribution >= 0.6 is 22.6 Å². The van der Waals surface area contributed by atoms with E-state index in [1.54, 1.807) is 0 Å². The predicted molar refractivity (Wildman–Crippen MR) is 123 cm³/mol. The van der Waals surface area contributed by atoms with Gasteiger partial charge in [-0.25, -0.2) is 23.7 Å². The number of ether oxygens (including phenoxy) is 1. The fourth-order valence-corrected chi connectivity index (χ4v) is 3.14. The van der Waals surface area contributed by atoms with Crippen molar-refractivity contribution in [2.75, 3.05) is 32.2 Å². The van der Waals surface area contributed by atoms with Gasteiger partial charge in [-0.2, -0.15) is 0 Å². The Balaban J connectivity index is 2.48. The van der Waals surface area contributed by atoms with Crippen LogP contribution in [-0.4, -0.2) is 54.9 Å². The lowest BCUT2D eigenvalue weighted by molar-refractivity contribution is -0.185. The summed E-state index contributed by atoms with van der Waals surface area (Å²) in [5.41, 5.74) is 0.0267. The van der Waals surface area contributed by atoms with Gasteiger partial charge in [0.2, 0.25) is 0 Å². The minimum atomic E-state index is -1.55. The van der Waals surface area contributed by atoms with Gasteiger partial charge >= 0.3 is 5.97 Å². The summed E-state index contributed by atoms with van der Waals surface area (Å²) in [7, 11) is 1.08.